The van der Waals surface area contributed by atoms with Gasteiger partial charge in [-0.2, -0.15) is 0 Å². The highest BCUT2D eigenvalue weighted by Crippen LogP contribution is 2.40. The van der Waals surface area contributed by atoms with Crippen molar-refractivity contribution < 1.29 is 0 Å². The molecule has 0 radical (unpaired) electrons. The van der Waals surface area contributed by atoms with Crippen LogP contribution in [0.1, 0.15) is 42.9 Å². The van der Waals surface area contributed by atoms with Crippen molar-refractivity contribution in [3.8, 4) is 0 Å². The molecule has 0 spiro atoms. The first-order chi connectivity index (χ1) is 7.63. The van der Waals surface area contributed by atoms with E-state index in [9.17, 15) is 0 Å². The first-order valence-corrected chi connectivity index (χ1v) is 6.43. The molecule has 1 aliphatic carbocycles. The summed E-state index contributed by atoms with van der Waals surface area (Å²) < 4.78 is 0. The van der Waals surface area contributed by atoms with Gasteiger partial charge in [0.25, 0.3) is 0 Å². The van der Waals surface area contributed by atoms with Crippen LogP contribution in [0.15, 0.2) is 18.2 Å². The zero-order valence-corrected chi connectivity index (χ0v) is 10.7. The van der Waals surface area contributed by atoms with E-state index >= 15 is 0 Å². The number of benzene rings is 1. The van der Waals surface area contributed by atoms with Crippen LogP contribution in [0.4, 0.5) is 0 Å². The lowest BCUT2D eigenvalue weighted by molar-refractivity contribution is 0.311. The lowest BCUT2D eigenvalue weighted by atomic mass is 9.70. The Morgan fingerprint density at radius 3 is 2.75 bits per heavy atom. The SMILES string of the molecule is Cc1ccc2c(c1)C(C(C)C)C(CN)CC2. The standard InChI is InChI=1S/C15H23N/c1-10(2)15-13(9-16)7-6-12-5-4-11(3)8-14(12)15/h4-5,8,10,13,15H,6-7,9,16H2,1-3H3. The van der Waals surface area contributed by atoms with Crippen LogP contribution >= 0.6 is 0 Å². The summed E-state index contributed by atoms with van der Waals surface area (Å²) in [5.41, 5.74) is 10.4. The number of aryl methyl sites for hydroxylation is 2. The van der Waals surface area contributed by atoms with Gasteiger partial charge in [0.15, 0.2) is 0 Å². The van der Waals surface area contributed by atoms with Crippen molar-refractivity contribution in [2.45, 2.75) is 39.5 Å². The van der Waals surface area contributed by atoms with Crippen molar-refractivity contribution in [1.82, 2.24) is 0 Å². The van der Waals surface area contributed by atoms with Gasteiger partial charge < -0.3 is 5.73 Å². The second kappa shape index (κ2) is 4.58. The largest absolute Gasteiger partial charge is 0.330 e. The van der Waals surface area contributed by atoms with Gasteiger partial charge in [-0.25, -0.2) is 0 Å². The second-order valence-electron chi connectivity index (χ2n) is 5.51. The number of hydrogen-bond donors (Lipinski definition) is 1. The third kappa shape index (κ3) is 2.01. The van der Waals surface area contributed by atoms with Crippen LogP contribution in [0.25, 0.3) is 0 Å². The zero-order valence-electron chi connectivity index (χ0n) is 10.7. The summed E-state index contributed by atoms with van der Waals surface area (Å²) in [5, 5.41) is 0. The molecule has 2 N–H and O–H groups in total. The molecule has 1 aromatic carbocycles. The first-order valence-electron chi connectivity index (χ1n) is 6.43. The predicted molar refractivity (Wildman–Crippen MR) is 69.6 cm³/mol. The lowest BCUT2D eigenvalue weighted by Crippen LogP contribution is -2.30. The molecular weight excluding hydrogens is 194 g/mol. The van der Waals surface area contributed by atoms with Gasteiger partial charge in [-0.3, -0.25) is 0 Å². The molecule has 2 rings (SSSR count). The average molecular weight is 217 g/mol. The topological polar surface area (TPSA) is 26.0 Å². The van der Waals surface area contributed by atoms with Crippen LogP contribution in [-0.2, 0) is 6.42 Å². The minimum Gasteiger partial charge on any atom is -0.330 e. The maximum Gasteiger partial charge on any atom is -0.00428 e. The molecule has 0 bridgehead atoms. The molecule has 2 atom stereocenters. The summed E-state index contributed by atoms with van der Waals surface area (Å²) in [6.45, 7) is 7.66. The van der Waals surface area contributed by atoms with E-state index in [0.717, 1.165) is 6.54 Å². The molecule has 2 unspecified atom stereocenters. The molecule has 1 aliphatic rings. The monoisotopic (exact) mass is 217 g/mol. The van der Waals surface area contributed by atoms with E-state index < -0.39 is 0 Å². The van der Waals surface area contributed by atoms with E-state index in [1.807, 2.05) is 0 Å². The van der Waals surface area contributed by atoms with Crippen LogP contribution in [0.5, 0.6) is 0 Å². The minimum absolute atomic E-state index is 0.661. The Bertz CT molecular complexity index is 368. The second-order valence-corrected chi connectivity index (χ2v) is 5.51. The molecule has 88 valence electrons. The molecular formula is C15H23N. The predicted octanol–water partition coefficient (Wildman–Crippen LogP) is 3.26. The van der Waals surface area contributed by atoms with Gasteiger partial charge in [0.1, 0.15) is 0 Å². The highest BCUT2D eigenvalue weighted by atomic mass is 14.6. The third-order valence-corrected chi connectivity index (χ3v) is 3.97. The average Bonchev–Trinajstić information content (AvgIpc) is 2.26. The van der Waals surface area contributed by atoms with Crippen LogP contribution in [0.2, 0.25) is 0 Å². The molecule has 16 heavy (non-hydrogen) atoms. The molecule has 1 heteroatoms. The maximum atomic E-state index is 5.93. The normalized spacial score (nSPS) is 24.6. The fourth-order valence-electron chi connectivity index (χ4n) is 3.19. The molecule has 0 amide bonds. The van der Waals surface area contributed by atoms with Gasteiger partial charge in [-0.1, -0.05) is 37.6 Å². The fourth-order valence-corrected chi connectivity index (χ4v) is 3.19. The maximum absolute atomic E-state index is 5.93. The number of fused-ring (bicyclic) bond motifs is 1. The Morgan fingerprint density at radius 2 is 2.12 bits per heavy atom. The minimum atomic E-state index is 0.661. The molecule has 1 nitrogen and oxygen atoms in total. The summed E-state index contributed by atoms with van der Waals surface area (Å²) in [6, 6.07) is 6.92. The highest BCUT2D eigenvalue weighted by molar-refractivity contribution is 5.37. The molecule has 0 fully saturated rings. The van der Waals surface area contributed by atoms with E-state index in [1.165, 1.54) is 18.4 Å². The van der Waals surface area contributed by atoms with Crippen molar-refractivity contribution in [1.29, 1.82) is 0 Å². The Labute approximate surface area is 99.0 Å². The Morgan fingerprint density at radius 1 is 1.38 bits per heavy atom. The van der Waals surface area contributed by atoms with Gasteiger partial charge in [0.05, 0.1) is 0 Å². The molecule has 0 heterocycles. The summed E-state index contributed by atoms with van der Waals surface area (Å²) in [5.74, 6) is 2.03. The quantitative estimate of drug-likeness (QED) is 0.808. The lowest BCUT2D eigenvalue weighted by Gasteiger charge is -2.36. The Kier molecular flexibility index (Phi) is 3.34. The smallest absolute Gasteiger partial charge is 0.00428 e. The van der Waals surface area contributed by atoms with Gasteiger partial charge >= 0.3 is 0 Å². The summed E-state index contributed by atoms with van der Waals surface area (Å²) in [4.78, 5) is 0. The zero-order chi connectivity index (χ0) is 11.7. The summed E-state index contributed by atoms with van der Waals surface area (Å²) >= 11 is 0. The van der Waals surface area contributed by atoms with Crippen molar-refractivity contribution in [2.24, 2.45) is 17.6 Å². The van der Waals surface area contributed by atoms with Crippen LogP contribution in [-0.4, -0.2) is 6.54 Å². The molecule has 0 saturated heterocycles. The van der Waals surface area contributed by atoms with Crippen molar-refractivity contribution in [3.63, 3.8) is 0 Å². The van der Waals surface area contributed by atoms with E-state index in [0.29, 0.717) is 17.8 Å². The van der Waals surface area contributed by atoms with Crippen LogP contribution in [0, 0.1) is 18.8 Å². The van der Waals surface area contributed by atoms with E-state index in [1.54, 1.807) is 11.1 Å². The number of rotatable bonds is 2. The van der Waals surface area contributed by atoms with Crippen LogP contribution < -0.4 is 5.73 Å². The Balaban J connectivity index is 2.43. The molecule has 0 aromatic heterocycles. The number of hydrogen-bond acceptors (Lipinski definition) is 1. The number of nitrogens with two attached hydrogens (primary N) is 1. The van der Waals surface area contributed by atoms with Gasteiger partial charge in [-0.05, 0) is 55.2 Å². The van der Waals surface area contributed by atoms with E-state index in [2.05, 4.69) is 39.0 Å². The summed E-state index contributed by atoms with van der Waals surface area (Å²) in [6.07, 6.45) is 2.47. The molecule has 1 aromatic rings. The molecule has 0 saturated carbocycles. The van der Waals surface area contributed by atoms with Crippen LogP contribution in [0.3, 0.4) is 0 Å². The Hall–Kier alpha value is -0.820. The third-order valence-electron chi connectivity index (χ3n) is 3.97. The van der Waals surface area contributed by atoms with E-state index in [-0.39, 0.29) is 0 Å². The summed E-state index contributed by atoms with van der Waals surface area (Å²) in [7, 11) is 0. The fraction of sp³-hybridized carbons (Fsp3) is 0.600. The van der Waals surface area contributed by atoms with Gasteiger partial charge in [-0.15, -0.1) is 0 Å². The van der Waals surface area contributed by atoms with Crippen molar-refractivity contribution in [2.75, 3.05) is 6.54 Å². The van der Waals surface area contributed by atoms with Crippen molar-refractivity contribution >= 4 is 0 Å². The molecule has 0 aliphatic heterocycles. The first kappa shape index (κ1) is 11.7. The van der Waals surface area contributed by atoms with Gasteiger partial charge in [0, 0.05) is 0 Å². The van der Waals surface area contributed by atoms with E-state index in [4.69, 9.17) is 5.73 Å². The van der Waals surface area contributed by atoms with Crippen molar-refractivity contribution in [3.05, 3.63) is 34.9 Å². The van der Waals surface area contributed by atoms with Gasteiger partial charge in [0.2, 0.25) is 0 Å². The highest BCUT2D eigenvalue weighted by Gasteiger charge is 2.30.